The van der Waals surface area contributed by atoms with Crippen LogP contribution >= 0.6 is 0 Å². The van der Waals surface area contributed by atoms with Crippen LogP contribution in [0.15, 0.2) is 24.7 Å². The Bertz CT molecular complexity index is 478. The van der Waals surface area contributed by atoms with Gasteiger partial charge in [0.15, 0.2) is 0 Å². The average Bonchev–Trinajstić information content (AvgIpc) is 2.84. The molecule has 2 aromatic rings. The van der Waals surface area contributed by atoms with Crippen LogP contribution in [0.3, 0.4) is 0 Å². The van der Waals surface area contributed by atoms with Crippen LogP contribution in [0, 0.1) is 6.92 Å². The van der Waals surface area contributed by atoms with E-state index in [0.717, 1.165) is 23.6 Å². The smallest absolute Gasteiger partial charge is 0.128 e. The number of nitrogen functional groups attached to an aromatic ring is 1. The molecule has 0 saturated heterocycles. The number of nitrogens with zero attached hydrogens (tertiary/aromatic N) is 2. The van der Waals surface area contributed by atoms with Gasteiger partial charge in [0.2, 0.25) is 0 Å². The average molecular weight is 231 g/mol. The maximum Gasteiger partial charge on any atom is 0.128 e. The van der Waals surface area contributed by atoms with E-state index < -0.39 is 0 Å². The first-order chi connectivity index (χ1) is 8.20. The molecule has 0 aliphatic carbocycles. The number of aryl methyl sites for hydroxylation is 1. The predicted octanol–water partition coefficient (Wildman–Crippen LogP) is 2.26. The van der Waals surface area contributed by atoms with Crippen molar-refractivity contribution >= 4 is 11.5 Å². The maximum absolute atomic E-state index is 5.74. The van der Waals surface area contributed by atoms with Gasteiger partial charge in [-0.2, -0.15) is 0 Å². The number of aromatic amines is 1. The summed E-state index contributed by atoms with van der Waals surface area (Å²) < 4.78 is 0. The van der Waals surface area contributed by atoms with E-state index >= 15 is 0 Å². The zero-order valence-corrected chi connectivity index (χ0v) is 10.1. The summed E-state index contributed by atoms with van der Waals surface area (Å²) in [7, 11) is 0. The third kappa shape index (κ3) is 2.55. The van der Waals surface area contributed by atoms with E-state index in [1.165, 1.54) is 0 Å². The Kier molecular flexibility index (Phi) is 3.27. The van der Waals surface area contributed by atoms with E-state index in [1.54, 1.807) is 12.4 Å². The monoisotopic (exact) mass is 231 g/mol. The van der Waals surface area contributed by atoms with Crippen LogP contribution in [0.2, 0.25) is 0 Å². The molecular weight excluding hydrogens is 214 g/mol. The second-order valence-corrected chi connectivity index (χ2v) is 4.01. The summed E-state index contributed by atoms with van der Waals surface area (Å²) >= 11 is 0. The normalized spacial score (nSPS) is 12.4. The van der Waals surface area contributed by atoms with Gasteiger partial charge in [0.25, 0.3) is 0 Å². The summed E-state index contributed by atoms with van der Waals surface area (Å²) in [5, 5.41) is 3.34. The number of hydrogen-bond acceptors (Lipinski definition) is 4. The van der Waals surface area contributed by atoms with E-state index in [-0.39, 0.29) is 6.04 Å². The summed E-state index contributed by atoms with van der Waals surface area (Å²) in [5.74, 6) is 1.74. The van der Waals surface area contributed by atoms with E-state index in [1.807, 2.05) is 19.2 Å². The Morgan fingerprint density at radius 1 is 1.47 bits per heavy atom. The number of nitrogens with one attached hydrogen (secondary N) is 2. The first-order valence-corrected chi connectivity index (χ1v) is 5.68. The summed E-state index contributed by atoms with van der Waals surface area (Å²) in [6, 6.07) is 2.08. The van der Waals surface area contributed by atoms with Crippen molar-refractivity contribution in [2.24, 2.45) is 0 Å². The van der Waals surface area contributed by atoms with Crippen molar-refractivity contribution in [3.05, 3.63) is 36.0 Å². The SMILES string of the molecule is CCC(Nc1cc(C)c(N)cn1)c1ncc[nH]1. The van der Waals surface area contributed by atoms with Crippen molar-refractivity contribution in [2.45, 2.75) is 26.3 Å². The number of anilines is 2. The van der Waals surface area contributed by atoms with Gasteiger partial charge in [-0.15, -0.1) is 0 Å². The molecule has 0 fully saturated rings. The summed E-state index contributed by atoms with van der Waals surface area (Å²) in [6.07, 6.45) is 6.17. The van der Waals surface area contributed by atoms with Crippen molar-refractivity contribution in [3.8, 4) is 0 Å². The summed E-state index contributed by atoms with van der Waals surface area (Å²) in [4.78, 5) is 11.6. The Labute approximate surface area is 100 Å². The van der Waals surface area contributed by atoms with E-state index in [0.29, 0.717) is 5.69 Å². The molecule has 0 aliphatic rings. The van der Waals surface area contributed by atoms with Gasteiger partial charge in [-0.05, 0) is 25.0 Å². The highest BCUT2D eigenvalue weighted by Gasteiger charge is 2.12. The third-order valence-electron chi connectivity index (χ3n) is 2.73. The van der Waals surface area contributed by atoms with Gasteiger partial charge < -0.3 is 16.0 Å². The van der Waals surface area contributed by atoms with Gasteiger partial charge >= 0.3 is 0 Å². The molecule has 0 saturated carbocycles. The lowest BCUT2D eigenvalue weighted by atomic mass is 10.2. The number of imidazole rings is 1. The summed E-state index contributed by atoms with van der Waals surface area (Å²) in [6.45, 7) is 4.07. The van der Waals surface area contributed by atoms with Gasteiger partial charge in [0.05, 0.1) is 17.9 Å². The standard InChI is InChI=1S/C12H17N5/c1-3-10(12-14-4-5-15-12)17-11-6-8(2)9(13)7-16-11/h4-7,10H,3,13H2,1-2H3,(H,14,15)(H,16,17). The fourth-order valence-corrected chi connectivity index (χ4v) is 1.66. The molecule has 17 heavy (non-hydrogen) atoms. The second kappa shape index (κ2) is 4.86. The third-order valence-corrected chi connectivity index (χ3v) is 2.73. The first kappa shape index (κ1) is 11.4. The van der Waals surface area contributed by atoms with Crippen LogP contribution in [0.4, 0.5) is 11.5 Å². The molecule has 2 heterocycles. The van der Waals surface area contributed by atoms with Crippen molar-refractivity contribution < 1.29 is 0 Å². The lowest BCUT2D eigenvalue weighted by Gasteiger charge is -2.15. The molecule has 0 bridgehead atoms. The van der Waals surface area contributed by atoms with Crippen LogP contribution in [-0.2, 0) is 0 Å². The molecule has 0 aromatic carbocycles. The van der Waals surface area contributed by atoms with Gasteiger partial charge in [-0.3, -0.25) is 0 Å². The van der Waals surface area contributed by atoms with Crippen LogP contribution in [0.5, 0.6) is 0 Å². The minimum absolute atomic E-state index is 0.139. The molecule has 4 N–H and O–H groups in total. The number of nitrogens with two attached hydrogens (primary N) is 1. The molecule has 0 spiro atoms. The van der Waals surface area contributed by atoms with Crippen molar-refractivity contribution in [1.82, 2.24) is 15.0 Å². The number of pyridine rings is 1. The number of hydrogen-bond donors (Lipinski definition) is 3. The van der Waals surface area contributed by atoms with E-state index in [9.17, 15) is 0 Å². The van der Waals surface area contributed by atoms with Gasteiger partial charge in [0.1, 0.15) is 11.6 Å². The fraction of sp³-hybridized carbons (Fsp3) is 0.333. The number of H-pyrrole nitrogens is 1. The molecule has 0 amide bonds. The van der Waals surface area contributed by atoms with Crippen molar-refractivity contribution in [2.75, 3.05) is 11.1 Å². The number of rotatable bonds is 4. The highest BCUT2D eigenvalue weighted by Crippen LogP contribution is 2.20. The maximum atomic E-state index is 5.74. The topological polar surface area (TPSA) is 79.6 Å². The molecule has 1 unspecified atom stereocenters. The van der Waals surface area contributed by atoms with Crippen LogP contribution in [0.1, 0.15) is 30.8 Å². The lowest BCUT2D eigenvalue weighted by Crippen LogP contribution is -2.12. The zero-order chi connectivity index (χ0) is 12.3. The highest BCUT2D eigenvalue weighted by atomic mass is 15.1. The lowest BCUT2D eigenvalue weighted by molar-refractivity contribution is 0.700. The number of aromatic nitrogens is 3. The molecule has 0 aliphatic heterocycles. The Balaban J connectivity index is 2.16. The molecule has 2 rings (SSSR count). The van der Waals surface area contributed by atoms with Crippen LogP contribution in [-0.4, -0.2) is 15.0 Å². The molecule has 90 valence electrons. The van der Waals surface area contributed by atoms with Gasteiger partial charge in [-0.1, -0.05) is 6.92 Å². The van der Waals surface area contributed by atoms with Crippen LogP contribution < -0.4 is 11.1 Å². The van der Waals surface area contributed by atoms with Crippen molar-refractivity contribution in [3.63, 3.8) is 0 Å². The minimum atomic E-state index is 0.139. The van der Waals surface area contributed by atoms with Gasteiger partial charge in [0, 0.05) is 12.4 Å². The Morgan fingerprint density at radius 3 is 2.88 bits per heavy atom. The fourth-order valence-electron chi connectivity index (χ4n) is 1.66. The Hall–Kier alpha value is -2.04. The van der Waals surface area contributed by atoms with E-state index in [4.69, 9.17) is 5.73 Å². The Morgan fingerprint density at radius 2 is 2.29 bits per heavy atom. The first-order valence-electron chi connectivity index (χ1n) is 5.68. The van der Waals surface area contributed by atoms with E-state index in [2.05, 4.69) is 27.2 Å². The molecule has 5 heteroatoms. The molecule has 2 aromatic heterocycles. The molecular formula is C12H17N5. The molecule has 1 atom stereocenters. The summed E-state index contributed by atoms with van der Waals surface area (Å²) in [5.41, 5.74) is 7.47. The van der Waals surface area contributed by atoms with Crippen LogP contribution in [0.25, 0.3) is 0 Å². The minimum Gasteiger partial charge on any atom is -0.397 e. The quantitative estimate of drug-likeness (QED) is 0.754. The second-order valence-electron chi connectivity index (χ2n) is 4.01. The largest absolute Gasteiger partial charge is 0.397 e. The van der Waals surface area contributed by atoms with Crippen molar-refractivity contribution in [1.29, 1.82) is 0 Å². The highest BCUT2D eigenvalue weighted by molar-refractivity contribution is 5.51. The zero-order valence-electron chi connectivity index (χ0n) is 10.1. The predicted molar refractivity (Wildman–Crippen MR) is 68.6 cm³/mol. The van der Waals surface area contributed by atoms with Gasteiger partial charge in [-0.25, -0.2) is 9.97 Å². The molecule has 5 nitrogen and oxygen atoms in total. The molecule has 0 radical (unpaired) electrons.